The van der Waals surface area contributed by atoms with Gasteiger partial charge in [-0.25, -0.2) is 0 Å². The molecule has 0 aliphatic heterocycles. The van der Waals surface area contributed by atoms with Gasteiger partial charge in [0.2, 0.25) is 5.91 Å². The maximum atomic E-state index is 13.0. The summed E-state index contributed by atoms with van der Waals surface area (Å²) < 4.78 is 0. The van der Waals surface area contributed by atoms with Gasteiger partial charge in [-0.05, 0) is 104 Å². The number of amides is 1. The molecule has 290 valence electrons. The Balaban J connectivity index is 1.10. The number of aliphatic hydroxyl groups excluding tert-OH is 2. The zero-order valence-electron chi connectivity index (χ0n) is 32.9. The van der Waals surface area contributed by atoms with Crippen molar-refractivity contribution in [2.75, 3.05) is 0 Å². The van der Waals surface area contributed by atoms with Crippen molar-refractivity contribution in [2.45, 2.75) is 219 Å². The van der Waals surface area contributed by atoms with Crippen LogP contribution in [0.4, 0.5) is 0 Å². The van der Waals surface area contributed by atoms with E-state index in [1.54, 1.807) is 0 Å². The minimum absolute atomic E-state index is 0.0774. The zero-order chi connectivity index (χ0) is 36.1. The topological polar surface area (TPSA) is 107 Å². The number of aliphatic carboxylic acids is 1. The monoisotopic (exact) mass is 702 g/mol. The summed E-state index contributed by atoms with van der Waals surface area (Å²) >= 11 is 0. The Morgan fingerprint density at radius 1 is 0.720 bits per heavy atom. The van der Waals surface area contributed by atoms with E-state index in [1.807, 2.05) is 0 Å². The Labute approximate surface area is 307 Å². The molecular weight excluding hydrogens is 622 g/mol. The van der Waals surface area contributed by atoms with Gasteiger partial charge in [-0.15, -0.1) is 0 Å². The third-order valence-corrected chi connectivity index (χ3v) is 15.2. The van der Waals surface area contributed by atoms with Gasteiger partial charge in [-0.2, -0.15) is 0 Å². The summed E-state index contributed by atoms with van der Waals surface area (Å²) in [6, 6.07) is 0.194. The van der Waals surface area contributed by atoms with Crippen LogP contribution in [0.3, 0.4) is 0 Å². The summed E-state index contributed by atoms with van der Waals surface area (Å²) in [5.74, 6) is 1.14. The van der Waals surface area contributed by atoms with Crippen molar-refractivity contribution in [1.29, 1.82) is 0 Å². The number of carboxylic acid groups (broad SMARTS) is 1. The molecule has 0 saturated heterocycles. The summed E-state index contributed by atoms with van der Waals surface area (Å²) in [5, 5.41) is 36.2. The largest absolute Gasteiger partial charge is 0.481 e. The quantitative estimate of drug-likeness (QED) is 0.0794. The maximum Gasteiger partial charge on any atom is 0.303 e. The van der Waals surface area contributed by atoms with Crippen LogP contribution in [0.15, 0.2) is 0 Å². The van der Waals surface area contributed by atoms with E-state index in [-0.39, 0.29) is 53.1 Å². The summed E-state index contributed by atoms with van der Waals surface area (Å²) in [7, 11) is 0. The normalized spacial score (nSPS) is 35.6. The second kappa shape index (κ2) is 20.4. The van der Waals surface area contributed by atoms with Crippen LogP contribution >= 0.6 is 0 Å². The lowest BCUT2D eigenvalue weighted by atomic mass is 9.43. The second-order valence-electron chi connectivity index (χ2n) is 18.5. The molecule has 0 spiro atoms. The van der Waals surface area contributed by atoms with Gasteiger partial charge >= 0.3 is 5.97 Å². The van der Waals surface area contributed by atoms with Crippen molar-refractivity contribution < 1.29 is 24.9 Å². The van der Waals surface area contributed by atoms with Gasteiger partial charge in [0.05, 0.1) is 12.2 Å². The molecule has 4 aliphatic carbocycles. The van der Waals surface area contributed by atoms with Crippen LogP contribution in [-0.4, -0.2) is 45.4 Å². The second-order valence-corrected chi connectivity index (χ2v) is 18.5. The number of unbranched alkanes of at least 4 members (excludes halogenated alkanes) is 16. The number of hydrogen-bond donors (Lipinski definition) is 4. The Bertz CT molecular complexity index is 1020. The Morgan fingerprint density at radius 3 is 1.84 bits per heavy atom. The minimum Gasteiger partial charge on any atom is -0.481 e. The Hall–Kier alpha value is -1.14. The first-order chi connectivity index (χ1) is 24.0. The predicted molar refractivity (Wildman–Crippen MR) is 205 cm³/mol. The van der Waals surface area contributed by atoms with E-state index < -0.39 is 12.1 Å². The molecule has 6 nitrogen and oxygen atoms in total. The average Bonchev–Trinajstić information content (AvgIpc) is 3.44. The molecule has 0 heterocycles. The summed E-state index contributed by atoms with van der Waals surface area (Å²) in [4.78, 5) is 24.2. The third-order valence-electron chi connectivity index (χ3n) is 15.2. The van der Waals surface area contributed by atoms with E-state index in [0.717, 1.165) is 57.8 Å². The first kappa shape index (κ1) is 41.6. The molecule has 11 atom stereocenters. The fourth-order valence-corrected chi connectivity index (χ4v) is 12.1. The number of carbonyl (C=O) groups is 2. The summed E-state index contributed by atoms with van der Waals surface area (Å²) in [6.45, 7) is 9.13. The van der Waals surface area contributed by atoms with Crippen LogP contribution in [0.2, 0.25) is 0 Å². The van der Waals surface area contributed by atoms with E-state index in [4.69, 9.17) is 0 Å². The third kappa shape index (κ3) is 10.7. The van der Waals surface area contributed by atoms with Gasteiger partial charge in [-0.3, -0.25) is 9.59 Å². The number of rotatable bonds is 23. The molecule has 0 aromatic carbocycles. The lowest BCUT2D eigenvalue weighted by Gasteiger charge is -2.63. The lowest BCUT2D eigenvalue weighted by molar-refractivity contribution is -0.202. The van der Waals surface area contributed by atoms with Gasteiger partial charge in [0.25, 0.3) is 0 Å². The molecule has 6 heteroatoms. The van der Waals surface area contributed by atoms with E-state index >= 15 is 0 Å². The standard InChI is InChI=1S/C44H79NO5/c1-5-6-7-8-9-10-11-12-13-14-15-16-17-18-19-20-21-22-40(48)45-34-27-28-43(3)33(29-34)30-38(46)42-36-25-24-35(32(2)23-26-41(49)50)44(36,4)39(47)31-37(42)43/h32-39,42,46-47H,5-31H2,1-4H3,(H,45,48)(H,49,50)/t32-,33?,34+,35-,36?,37?,38?,39+,42?,43+,44-/m1/s1. The number of aliphatic hydroxyl groups is 2. The first-order valence-electron chi connectivity index (χ1n) is 21.9. The van der Waals surface area contributed by atoms with Crippen LogP contribution in [-0.2, 0) is 9.59 Å². The highest BCUT2D eigenvalue weighted by atomic mass is 16.4. The van der Waals surface area contributed by atoms with Crippen LogP contribution in [0.25, 0.3) is 0 Å². The van der Waals surface area contributed by atoms with E-state index in [1.165, 1.54) is 96.3 Å². The van der Waals surface area contributed by atoms with Crippen LogP contribution in [0.1, 0.15) is 201 Å². The molecule has 5 unspecified atom stereocenters. The average molecular weight is 702 g/mol. The van der Waals surface area contributed by atoms with Gasteiger partial charge in [0.15, 0.2) is 0 Å². The van der Waals surface area contributed by atoms with Crippen molar-refractivity contribution >= 4 is 11.9 Å². The number of hydrogen-bond acceptors (Lipinski definition) is 4. The van der Waals surface area contributed by atoms with Gasteiger partial charge in [-0.1, -0.05) is 130 Å². The van der Waals surface area contributed by atoms with Crippen molar-refractivity contribution in [3.05, 3.63) is 0 Å². The Morgan fingerprint density at radius 2 is 1.28 bits per heavy atom. The molecule has 0 aromatic rings. The van der Waals surface area contributed by atoms with Crippen LogP contribution < -0.4 is 5.32 Å². The van der Waals surface area contributed by atoms with Crippen LogP contribution in [0.5, 0.6) is 0 Å². The lowest BCUT2D eigenvalue weighted by Crippen LogP contribution is -2.63. The van der Waals surface area contributed by atoms with E-state index in [2.05, 4.69) is 33.0 Å². The van der Waals surface area contributed by atoms with Crippen LogP contribution in [0, 0.1) is 46.3 Å². The molecule has 0 bridgehead atoms. The smallest absolute Gasteiger partial charge is 0.303 e. The van der Waals surface area contributed by atoms with Gasteiger partial charge in [0.1, 0.15) is 0 Å². The van der Waals surface area contributed by atoms with Crippen molar-refractivity contribution in [1.82, 2.24) is 5.32 Å². The molecule has 4 saturated carbocycles. The SMILES string of the molecule is CCCCCCCCCCCCCCCCCCCC(=O)N[C@H]1CC[C@@]2(C)C(CC(O)C3C2C[C@H](O)[C@@]2(C)C3CC[C@@H]2[C@H](C)CCC(=O)O)C1. The number of nitrogens with one attached hydrogen (secondary N) is 1. The zero-order valence-corrected chi connectivity index (χ0v) is 32.9. The van der Waals surface area contributed by atoms with E-state index in [0.29, 0.717) is 30.6 Å². The molecule has 1 amide bonds. The molecule has 0 radical (unpaired) electrons. The number of carbonyl (C=O) groups excluding carboxylic acids is 1. The Kier molecular flexibility index (Phi) is 16.9. The number of fused-ring (bicyclic) bond motifs is 5. The summed E-state index contributed by atoms with van der Waals surface area (Å²) in [6.07, 6.45) is 30.1. The highest BCUT2D eigenvalue weighted by molar-refractivity contribution is 5.76. The van der Waals surface area contributed by atoms with E-state index in [9.17, 15) is 24.9 Å². The highest BCUT2D eigenvalue weighted by Gasteiger charge is 2.65. The van der Waals surface area contributed by atoms with Gasteiger partial charge < -0.3 is 20.6 Å². The molecule has 4 N–H and O–H groups in total. The molecule has 4 fully saturated rings. The fourth-order valence-electron chi connectivity index (χ4n) is 12.1. The summed E-state index contributed by atoms with van der Waals surface area (Å²) in [5.41, 5.74) is -0.186. The van der Waals surface area contributed by atoms with Crippen molar-refractivity contribution in [2.24, 2.45) is 46.3 Å². The fraction of sp³-hybridized carbons (Fsp3) is 0.955. The number of carboxylic acids is 1. The molecule has 4 aliphatic rings. The minimum atomic E-state index is -0.746. The molecular formula is C44H79NO5. The predicted octanol–water partition coefficient (Wildman–Crippen LogP) is 10.6. The molecule has 50 heavy (non-hydrogen) atoms. The first-order valence-corrected chi connectivity index (χ1v) is 21.9. The van der Waals surface area contributed by atoms with Crippen molar-refractivity contribution in [3.8, 4) is 0 Å². The highest BCUT2D eigenvalue weighted by Crippen LogP contribution is 2.68. The van der Waals surface area contributed by atoms with Gasteiger partial charge in [0, 0.05) is 18.9 Å². The maximum absolute atomic E-state index is 13.0. The van der Waals surface area contributed by atoms with Crippen molar-refractivity contribution in [3.63, 3.8) is 0 Å². The molecule has 4 rings (SSSR count). The molecule has 0 aromatic heterocycles.